The summed E-state index contributed by atoms with van der Waals surface area (Å²) in [5.41, 5.74) is -4.36. The first kappa shape index (κ1) is 25.9. The Morgan fingerprint density at radius 1 is 1.03 bits per heavy atom. The molecule has 8 nitrogen and oxygen atoms in total. The molecule has 0 saturated carbocycles. The number of benzene rings is 2. The van der Waals surface area contributed by atoms with E-state index < -0.39 is 52.4 Å². The number of ether oxygens (including phenoxy) is 1. The molecule has 1 saturated heterocycles. The number of nitrogens with zero attached hydrogens (tertiary/aromatic N) is 3. The summed E-state index contributed by atoms with van der Waals surface area (Å²) in [5, 5.41) is 0. The Hall–Kier alpha value is -4.22. The average Bonchev–Trinajstić information content (AvgIpc) is 3.27. The lowest BCUT2D eigenvalue weighted by Gasteiger charge is -2.18. The summed E-state index contributed by atoms with van der Waals surface area (Å²) >= 11 is 0. The molecule has 37 heavy (non-hydrogen) atoms. The molecule has 2 aromatic carbocycles. The maximum absolute atomic E-state index is 14.1. The molecular weight excluding hydrogens is 498 g/mol. The highest BCUT2D eigenvalue weighted by Crippen LogP contribution is 2.34. The average molecular weight is 519 g/mol. The van der Waals surface area contributed by atoms with E-state index in [1.165, 1.54) is 19.1 Å². The van der Waals surface area contributed by atoms with Gasteiger partial charge in [-0.2, -0.15) is 13.2 Å². The van der Waals surface area contributed by atoms with Crippen molar-refractivity contribution < 1.29 is 31.9 Å². The summed E-state index contributed by atoms with van der Waals surface area (Å²) in [6, 6.07) is 8.66. The Labute approximate surface area is 207 Å². The standard InChI is InChI=1S/C25H21F4N3O5/c1-2-37-23(35)18-14-31(17-10-8-16(9-11-17)30-12-4-7-20(30)33)24(36)32(22(18)34)13-15-5-3-6-19(26)21(15)25(27,28)29/h3,5-6,8-11,14H,2,4,7,12-13H2,1H3. The van der Waals surface area contributed by atoms with Crippen LogP contribution in [0.3, 0.4) is 0 Å². The Bertz CT molecular complexity index is 1480. The molecular formula is C25H21F4N3O5. The van der Waals surface area contributed by atoms with Crippen molar-refractivity contribution in [1.29, 1.82) is 0 Å². The molecule has 0 bridgehead atoms. The second-order valence-corrected chi connectivity index (χ2v) is 8.24. The molecule has 194 valence electrons. The fourth-order valence-corrected chi connectivity index (χ4v) is 4.18. The Balaban J connectivity index is 1.86. The Morgan fingerprint density at radius 3 is 2.30 bits per heavy atom. The van der Waals surface area contributed by atoms with Crippen molar-refractivity contribution in [1.82, 2.24) is 9.13 Å². The molecule has 0 aliphatic carbocycles. The van der Waals surface area contributed by atoms with Crippen LogP contribution in [0.1, 0.15) is 41.3 Å². The number of halogens is 4. The van der Waals surface area contributed by atoms with Gasteiger partial charge in [-0.25, -0.2) is 14.0 Å². The number of anilines is 1. The van der Waals surface area contributed by atoms with Gasteiger partial charge in [0.2, 0.25) is 5.91 Å². The molecule has 0 radical (unpaired) electrons. The number of alkyl halides is 3. The monoisotopic (exact) mass is 519 g/mol. The number of amides is 1. The van der Waals surface area contributed by atoms with E-state index in [-0.39, 0.29) is 18.2 Å². The highest BCUT2D eigenvalue weighted by molar-refractivity contribution is 5.95. The SMILES string of the molecule is CCOC(=O)c1cn(-c2ccc(N3CCCC3=O)cc2)c(=O)n(Cc2cccc(F)c2C(F)(F)F)c1=O. The number of hydrogen-bond acceptors (Lipinski definition) is 5. The number of carbonyl (C=O) groups is 2. The minimum Gasteiger partial charge on any atom is -0.462 e. The van der Waals surface area contributed by atoms with Crippen LogP contribution in [-0.4, -0.2) is 34.2 Å². The zero-order chi connectivity index (χ0) is 26.9. The third-order valence-electron chi connectivity index (χ3n) is 5.89. The lowest BCUT2D eigenvalue weighted by atomic mass is 10.1. The quantitative estimate of drug-likeness (QED) is 0.367. The predicted molar refractivity (Wildman–Crippen MR) is 124 cm³/mol. The number of rotatable bonds is 6. The minimum atomic E-state index is -5.09. The van der Waals surface area contributed by atoms with Gasteiger partial charge in [-0.1, -0.05) is 12.1 Å². The molecule has 0 N–H and O–H groups in total. The van der Waals surface area contributed by atoms with E-state index in [2.05, 4.69) is 0 Å². The molecule has 1 fully saturated rings. The van der Waals surface area contributed by atoms with Crippen LogP contribution in [0.4, 0.5) is 23.2 Å². The van der Waals surface area contributed by atoms with Crippen LogP contribution < -0.4 is 16.1 Å². The van der Waals surface area contributed by atoms with Gasteiger partial charge in [-0.05, 0) is 49.2 Å². The lowest BCUT2D eigenvalue weighted by Crippen LogP contribution is -2.42. The molecule has 0 unspecified atom stereocenters. The predicted octanol–water partition coefficient (Wildman–Crippen LogP) is 3.51. The fraction of sp³-hybridized carbons (Fsp3) is 0.280. The van der Waals surface area contributed by atoms with Crippen molar-refractivity contribution in [3.05, 3.63) is 92.0 Å². The van der Waals surface area contributed by atoms with Crippen LogP contribution in [0.2, 0.25) is 0 Å². The first-order chi connectivity index (χ1) is 17.5. The van der Waals surface area contributed by atoms with Gasteiger partial charge in [0.1, 0.15) is 11.4 Å². The first-order valence-electron chi connectivity index (χ1n) is 11.3. The van der Waals surface area contributed by atoms with Crippen molar-refractivity contribution in [2.24, 2.45) is 0 Å². The Morgan fingerprint density at radius 2 is 1.70 bits per heavy atom. The molecule has 1 aromatic heterocycles. The highest BCUT2D eigenvalue weighted by Gasteiger charge is 2.37. The maximum Gasteiger partial charge on any atom is 0.419 e. The van der Waals surface area contributed by atoms with Gasteiger partial charge in [0.15, 0.2) is 0 Å². The molecule has 12 heteroatoms. The topological polar surface area (TPSA) is 90.6 Å². The van der Waals surface area contributed by atoms with Crippen molar-refractivity contribution in [2.75, 3.05) is 18.1 Å². The van der Waals surface area contributed by atoms with Crippen molar-refractivity contribution in [2.45, 2.75) is 32.5 Å². The molecule has 2 heterocycles. The molecule has 3 aromatic rings. The van der Waals surface area contributed by atoms with Crippen molar-refractivity contribution >= 4 is 17.6 Å². The summed E-state index contributed by atoms with van der Waals surface area (Å²) in [6.45, 7) is 0.980. The molecule has 4 rings (SSSR count). The summed E-state index contributed by atoms with van der Waals surface area (Å²) in [5.74, 6) is -2.70. The van der Waals surface area contributed by atoms with E-state index in [1.54, 1.807) is 17.0 Å². The molecule has 0 spiro atoms. The van der Waals surface area contributed by atoms with Gasteiger partial charge < -0.3 is 9.64 Å². The number of esters is 1. The van der Waals surface area contributed by atoms with Gasteiger partial charge in [0.25, 0.3) is 5.56 Å². The summed E-state index contributed by atoms with van der Waals surface area (Å²) < 4.78 is 61.0. The maximum atomic E-state index is 14.1. The van der Waals surface area contributed by atoms with Crippen LogP contribution in [-0.2, 0) is 22.3 Å². The van der Waals surface area contributed by atoms with Crippen LogP contribution >= 0.6 is 0 Å². The molecule has 1 amide bonds. The van der Waals surface area contributed by atoms with Crippen LogP contribution in [0.5, 0.6) is 0 Å². The summed E-state index contributed by atoms with van der Waals surface area (Å²) in [7, 11) is 0. The Kier molecular flexibility index (Phi) is 7.01. The minimum absolute atomic E-state index is 0.0568. The number of hydrogen-bond donors (Lipinski definition) is 0. The van der Waals surface area contributed by atoms with Crippen LogP contribution in [0, 0.1) is 5.82 Å². The fourth-order valence-electron chi connectivity index (χ4n) is 4.18. The van der Waals surface area contributed by atoms with Gasteiger partial charge >= 0.3 is 17.8 Å². The zero-order valence-corrected chi connectivity index (χ0v) is 19.5. The second kappa shape index (κ2) is 10.0. The van der Waals surface area contributed by atoms with E-state index in [1.807, 2.05) is 0 Å². The van der Waals surface area contributed by atoms with E-state index in [0.29, 0.717) is 35.7 Å². The molecule has 0 atom stereocenters. The van der Waals surface area contributed by atoms with Crippen molar-refractivity contribution in [3.8, 4) is 5.69 Å². The number of aromatic nitrogens is 2. The molecule has 1 aliphatic heterocycles. The summed E-state index contributed by atoms with van der Waals surface area (Å²) in [4.78, 5) is 52.4. The molecule has 1 aliphatic rings. The largest absolute Gasteiger partial charge is 0.462 e. The first-order valence-corrected chi connectivity index (χ1v) is 11.3. The number of carbonyl (C=O) groups excluding carboxylic acids is 2. The van der Waals surface area contributed by atoms with Gasteiger partial charge in [0, 0.05) is 24.8 Å². The second-order valence-electron chi connectivity index (χ2n) is 8.24. The van der Waals surface area contributed by atoms with Crippen molar-refractivity contribution in [3.63, 3.8) is 0 Å². The zero-order valence-electron chi connectivity index (χ0n) is 19.5. The summed E-state index contributed by atoms with van der Waals surface area (Å²) in [6.07, 6.45) is -3.03. The normalized spacial score (nSPS) is 13.8. The van der Waals surface area contributed by atoms with E-state index >= 15 is 0 Å². The third-order valence-corrected chi connectivity index (χ3v) is 5.89. The lowest BCUT2D eigenvalue weighted by molar-refractivity contribution is -0.140. The van der Waals surface area contributed by atoms with Crippen LogP contribution in [0.25, 0.3) is 5.69 Å². The van der Waals surface area contributed by atoms with E-state index in [9.17, 15) is 36.7 Å². The van der Waals surface area contributed by atoms with E-state index in [4.69, 9.17) is 4.74 Å². The van der Waals surface area contributed by atoms with Crippen LogP contribution in [0.15, 0.2) is 58.3 Å². The van der Waals surface area contributed by atoms with Gasteiger partial charge in [-0.15, -0.1) is 0 Å². The van der Waals surface area contributed by atoms with Gasteiger partial charge in [0.05, 0.1) is 24.4 Å². The highest BCUT2D eigenvalue weighted by atomic mass is 19.4. The third kappa shape index (κ3) is 5.04. The van der Waals surface area contributed by atoms with Gasteiger partial charge in [-0.3, -0.25) is 18.7 Å². The smallest absolute Gasteiger partial charge is 0.419 e. The van der Waals surface area contributed by atoms with E-state index in [0.717, 1.165) is 22.9 Å².